The van der Waals surface area contributed by atoms with Gasteiger partial charge in [-0.2, -0.15) is 0 Å². The first-order valence-corrected chi connectivity index (χ1v) is 8.37. The van der Waals surface area contributed by atoms with Crippen molar-refractivity contribution in [1.29, 1.82) is 0 Å². The van der Waals surface area contributed by atoms with Crippen LogP contribution in [0.1, 0.15) is 58.3 Å². The van der Waals surface area contributed by atoms with Crippen LogP contribution >= 0.6 is 0 Å². The van der Waals surface area contributed by atoms with Gasteiger partial charge < -0.3 is 15.3 Å². The zero-order valence-electron chi connectivity index (χ0n) is 13.0. The number of carboxylic acids is 1. The van der Waals surface area contributed by atoms with E-state index in [0.717, 1.165) is 19.3 Å². The zero-order chi connectivity index (χ0) is 15.2. The number of carbonyl (C=O) groups is 2. The second-order valence-electron chi connectivity index (χ2n) is 6.58. The topological polar surface area (TPSA) is 69.6 Å². The van der Waals surface area contributed by atoms with E-state index in [0.29, 0.717) is 18.4 Å². The molecule has 0 aromatic rings. The quantitative estimate of drug-likeness (QED) is 0.759. The summed E-state index contributed by atoms with van der Waals surface area (Å²) in [6.07, 6.45) is 9.30. The molecular formula is C16H28N2O3. The average molecular weight is 296 g/mol. The van der Waals surface area contributed by atoms with Crippen LogP contribution in [-0.2, 0) is 4.79 Å². The summed E-state index contributed by atoms with van der Waals surface area (Å²) in [7, 11) is 0. The van der Waals surface area contributed by atoms with E-state index in [1.165, 1.54) is 37.0 Å². The molecule has 2 aliphatic carbocycles. The van der Waals surface area contributed by atoms with Gasteiger partial charge in [-0.05, 0) is 43.9 Å². The molecule has 0 radical (unpaired) electrons. The standard InChI is InChI=1S/C16H28N2O3/c1-2-14(13-6-4-3-5-7-13)17-16(21)18(11-15(19)20)10-12-8-9-12/h12-14H,2-11H2,1H3,(H,17,21)(H,19,20). The highest BCUT2D eigenvalue weighted by Crippen LogP contribution is 2.30. The third-order valence-corrected chi connectivity index (χ3v) is 4.76. The van der Waals surface area contributed by atoms with Crippen LogP contribution in [0.2, 0.25) is 0 Å². The molecule has 5 heteroatoms. The van der Waals surface area contributed by atoms with Gasteiger partial charge in [0.15, 0.2) is 0 Å². The van der Waals surface area contributed by atoms with Crippen molar-refractivity contribution in [2.75, 3.05) is 13.1 Å². The molecule has 0 spiro atoms. The summed E-state index contributed by atoms with van der Waals surface area (Å²) in [5.41, 5.74) is 0. The van der Waals surface area contributed by atoms with Crippen molar-refractivity contribution in [2.45, 2.75) is 64.3 Å². The van der Waals surface area contributed by atoms with Gasteiger partial charge in [0, 0.05) is 12.6 Å². The summed E-state index contributed by atoms with van der Waals surface area (Å²) >= 11 is 0. The minimum absolute atomic E-state index is 0.188. The number of aliphatic carboxylic acids is 1. The number of hydrogen-bond donors (Lipinski definition) is 2. The van der Waals surface area contributed by atoms with Crippen LogP contribution in [0.15, 0.2) is 0 Å². The molecule has 0 aromatic carbocycles. The maximum atomic E-state index is 12.4. The van der Waals surface area contributed by atoms with E-state index < -0.39 is 5.97 Å². The number of rotatable bonds is 7. The van der Waals surface area contributed by atoms with Crippen LogP contribution in [0.4, 0.5) is 4.79 Å². The first kappa shape index (κ1) is 16.1. The Hall–Kier alpha value is -1.26. The Bertz CT molecular complexity index is 363. The van der Waals surface area contributed by atoms with E-state index in [2.05, 4.69) is 12.2 Å². The number of carbonyl (C=O) groups excluding carboxylic acids is 1. The lowest BCUT2D eigenvalue weighted by Gasteiger charge is -2.32. The largest absolute Gasteiger partial charge is 0.480 e. The van der Waals surface area contributed by atoms with Crippen molar-refractivity contribution in [2.24, 2.45) is 11.8 Å². The SMILES string of the molecule is CCC(NC(=O)N(CC(=O)O)CC1CC1)C1CCCCC1. The summed E-state index contributed by atoms with van der Waals surface area (Å²) < 4.78 is 0. The minimum atomic E-state index is -0.934. The van der Waals surface area contributed by atoms with Crippen LogP contribution in [0, 0.1) is 11.8 Å². The van der Waals surface area contributed by atoms with Gasteiger partial charge in [0.2, 0.25) is 0 Å². The van der Waals surface area contributed by atoms with Gasteiger partial charge in [-0.3, -0.25) is 4.79 Å². The Kier molecular flexibility index (Phi) is 5.88. The summed E-state index contributed by atoms with van der Waals surface area (Å²) in [6, 6.07) is -0.00461. The van der Waals surface area contributed by atoms with Gasteiger partial charge in [0.25, 0.3) is 0 Å². The van der Waals surface area contributed by atoms with E-state index in [-0.39, 0.29) is 18.6 Å². The number of urea groups is 1. The molecule has 1 unspecified atom stereocenters. The van der Waals surface area contributed by atoms with Crippen molar-refractivity contribution in [3.8, 4) is 0 Å². The zero-order valence-corrected chi connectivity index (χ0v) is 13.0. The molecular weight excluding hydrogens is 268 g/mol. The summed E-state index contributed by atoms with van der Waals surface area (Å²) in [6.45, 7) is 2.49. The maximum Gasteiger partial charge on any atom is 0.323 e. The first-order chi connectivity index (χ1) is 10.1. The molecule has 0 aliphatic heterocycles. The highest BCUT2D eigenvalue weighted by molar-refractivity contribution is 5.80. The van der Waals surface area contributed by atoms with E-state index >= 15 is 0 Å². The molecule has 0 saturated heterocycles. The average Bonchev–Trinajstić information content (AvgIpc) is 3.28. The smallest absolute Gasteiger partial charge is 0.323 e. The number of hydrogen-bond acceptors (Lipinski definition) is 2. The van der Waals surface area contributed by atoms with Crippen LogP contribution < -0.4 is 5.32 Å². The fraction of sp³-hybridized carbons (Fsp3) is 0.875. The predicted octanol–water partition coefficient (Wildman–Crippen LogP) is 2.85. The van der Waals surface area contributed by atoms with Crippen molar-refractivity contribution in [3.63, 3.8) is 0 Å². The van der Waals surface area contributed by atoms with Crippen LogP contribution in [0.3, 0.4) is 0 Å². The molecule has 2 aliphatic rings. The third kappa shape index (κ3) is 5.21. The van der Waals surface area contributed by atoms with Crippen molar-refractivity contribution in [1.82, 2.24) is 10.2 Å². The van der Waals surface area contributed by atoms with E-state index in [9.17, 15) is 9.59 Å². The molecule has 5 nitrogen and oxygen atoms in total. The number of amides is 2. The predicted molar refractivity (Wildman–Crippen MR) is 81.1 cm³/mol. The molecule has 2 amide bonds. The lowest BCUT2D eigenvalue weighted by atomic mass is 9.83. The van der Waals surface area contributed by atoms with E-state index in [4.69, 9.17) is 5.11 Å². The van der Waals surface area contributed by atoms with Gasteiger partial charge in [-0.15, -0.1) is 0 Å². The molecule has 2 N–H and O–H groups in total. The van der Waals surface area contributed by atoms with Crippen molar-refractivity contribution in [3.05, 3.63) is 0 Å². The molecule has 21 heavy (non-hydrogen) atoms. The Balaban J connectivity index is 1.89. The molecule has 0 heterocycles. The van der Waals surface area contributed by atoms with Crippen LogP contribution in [0.5, 0.6) is 0 Å². The van der Waals surface area contributed by atoms with Crippen LogP contribution in [0.25, 0.3) is 0 Å². The third-order valence-electron chi connectivity index (χ3n) is 4.76. The normalized spacial score (nSPS) is 20.8. The molecule has 2 rings (SSSR count). The second kappa shape index (κ2) is 7.66. The molecule has 120 valence electrons. The van der Waals surface area contributed by atoms with Crippen molar-refractivity contribution >= 4 is 12.0 Å². The van der Waals surface area contributed by atoms with E-state index in [1.54, 1.807) is 0 Å². The van der Waals surface area contributed by atoms with Gasteiger partial charge in [0.1, 0.15) is 6.54 Å². The summed E-state index contributed by atoms with van der Waals surface area (Å²) in [5.74, 6) is 0.127. The molecule has 0 bridgehead atoms. The number of carboxylic acid groups (broad SMARTS) is 1. The number of nitrogens with one attached hydrogen (secondary N) is 1. The maximum absolute atomic E-state index is 12.4. The fourth-order valence-electron chi connectivity index (χ4n) is 3.33. The lowest BCUT2D eigenvalue weighted by Crippen LogP contribution is -2.49. The van der Waals surface area contributed by atoms with Crippen LogP contribution in [-0.4, -0.2) is 41.1 Å². The monoisotopic (exact) mass is 296 g/mol. The Labute approximate surface area is 127 Å². The number of nitrogens with zero attached hydrogens (tertiary/aromatic N) is 1. The first-order valence-electron chi connectivity index (χ1n) is 8.37. The summed E-state index contributed by atoms with van der Waals surface area (Å²) in [5, 5.41) is 12.1. The van der Waals surface area contributed by atoms with Gasteiger partial charge in [-0.25, -0.2) is 4.79 Å². The van der Waals surface area contributed by atoms with Crippen molar-refractivity contribution < 1.29 is 14.7 Å². The van der Waals surface area contributed by atoms with Gasteiger partial charge >= 0.3 is 12.0 Å². The highest BCUT2D eigenvalue weighted by atomic mass is 16.4. The highest BCUT2D eigenvalue weighted by Gasteiger charge is 2.30. The lowest BCUT2D eigenvalue weighted by molar-refractivity contribution is -0.137. The molecule has 1 atom stereocenters. The van der Waals surface area contributed by atoms with Gasteiger partial charge in [-0.1, -0.05) is 26.2 Å². The second-order valence-corrected chi connectivity index (χ2v) is 6.58. The fourth-order valence-corrected chi connectivity index (χ4v) is 3.33. The Morgan fingerprint density at radius 3 is 2.38 bits per heavy atom. The summed E-state index contributed by atoms with van der Waals surface area (Å²) in [4.78, 5) is 24.8. The minimum Gasteiger partial charge on any atom is -0.480 e. The molecule has 2 fully saturated rings. The van der Waals surface area contributed by atoms with E-state index in [1.807, 2.05) is 0 Å². The Morgan fingerprint density at radius 1 is 1.19 bits per heavy atom. The molecule has 0 aromatic heterocycles. The molecule has 2 saturated carbocycles. The Morgan fingerprint density at radius 2 is 1.86 bits per heavy atom. The van der Waals surface area contributed by atoms with Gasteiger partial charge in [0.05, 0.1) is 0 Å².